The van der Waals surface area contributed by atoms with Crippen LogP contribution in [0.25, 0.3) is 0 Å². The fourth-order valence-corrected chi connectivity index (χ4v) is 2.90. The molecule has 0 heterocycles. The van der Waals surface area contributed by atoms with Gasteiger partial charge in [-0.25, -0.2) is 0 Å². The van der Waals surface area contributed by atoms with Crippen LogP contribution in [0.1, 0.15) is 16.7 Å². The third kappa shape index (κ3) is 3.74. The quantitative estimate of drug-likeness (QED) is 0.514. The minimum absolute atomic E-state index is 0.0883. The third-order valence-corrected chi connectivity index (χ3v) is 4.00. The van der Waals surface area contributed by atoms with E-state index in [-0.39, 0.29) is 5.69 Å². The van der Waals surface area contributed by atoms with Crippen molar-refractivity contribution in [2.45, 2.75) is 18.4 Å². The zero-order chi connectivity index (χ0) is 14.5. The van der Waals surface area contributed by atoms with Crippen LogP contribution in [-0.2, 0) is 11.5 Å². The van der Waals surface area contributed by atoms with Gasteiger partial charge in [0.2, 0.25) is 0 Å². The molecular weight excluding hydrogens is 272 g/mol. The molecule has 4 nitrogen and oxygen atoms in total. The van der Waals surface area contributed by atoms with E-state index in [1.165, 1.54) is 17.2 Å². The Kier molecular flexibility index (Phi) is 4.63. The number of aryl methyl sites for hydroxylation is 1. The Hall–Kier alpha value is -2.01. The molecule has 0 saturated carbocycles. The zero-order valence-corrected chi connectivity index (χ0v) is 12.0. The lowest BCUT2D eigenvalue weighted by Gasteiger charge is -2.06. The van der Waals surface area contributed by atoms with E-state index in [2.05, 4.69) is 25.1 Å². The number of nitrogens with two attached hydrogens (primary N) is 1. The van der Waals surface area contributed by atoms with Gasteiger partial charge in [0, 0.05) is 29.3 Å². The maximum atomic E-state index is 10.8. The van der Waals surface area contributed by atoms with Gasteiger partial charge in [0.1, 0.15) is 0 Å². The predicted octanol–water partition coefficient (Wildman–Crippen LogP) is 3.92. The van der Waals surface area contributed by atoms with Crippen LogP contribution in [0.2, 0.25) is 0 Å². The summed E-state index contributed by atoms with van der Waals surface area (Å²) in [6.45, 7) is 2.06. The van der Waals surface area contributed by atoms with Gasteiger partial charge in [-0.2, -0.15) is 11.8 Å². The van der Waals surface area contributed by atoms with Crippen molar-refractivity contribution in [2.75, 3.05) is 5.73 Å². The average Bonchev–Trinajstić information content (AvgIpc) is 2.40. The van der Waals surface area contributed by atoms with E-state index in [4.69, 9.17) is 5.73 Å². The number of non-ortho nitro benzene ring substituents is 1. The van der Waals surface area contributed by atoms with Crippen molar-refractivity contribution in [1.82, 2.24) is 0 Å². The second kappa shape index (κ2) is 6.43. The smallest absolute Gasteiger partial charge is 0.269 e. The van der Waals surface area contributed by atoms with Gasteiger partial charge in [0.15, 0.2) is 0 Å². The molecule has 0 fully saturated rings. The number of nitro groups is 1. The first-order valence-electron chi connectivity index (χ1n) is 6.22. The van der Waals surface area contributed by atoms with Crippen molar-refractivity contribution in [3.05, 3.63) is 69.3 Å². The standard InChI is InChI=1S/C15H16N2O2S/c1-11-3-2-4-12(7-11)9-20-10-13-8-14(17(18)19)5-6-15(13)16/h2-8H,9-10,16H2,1H3. The van der Waals surface area contributed by atoms with Crippen LogP contribution in [-0.4, -0.2) is 4.92 Å². The van der Waals surface area contributed by atoms with Crippen LogP contribution in [0.5, 0.6) is 0 Å². The molecule has 2 aromatic rings. The molecule has 0 spiro atoms. The van der Waals surface area contributed by atoms with Crippen molar-refractivity contribution >= 4 is 23.1 Å². The topological polar surface area (TPSA) is 69.2 Å². The molecule has 0 unspecified atom stereocenters. The van der Waals surface area contributed by atoms with Crippen LogP contribution in [0.15, 0.2) is 42.5 Å². The maximum absolute atomic E-state index is 10.8. The highest BCUT2D eigenvalue weighted by Crippen LogP contribution is 2.25. The number of benzene rings is 2. The van der Waals surface area contributed by atoms with Gasteiger partial charge in [-0.3, -0.25) is 10.1 Å². The minimum Gasteiger partial charge on any atom is -0.398 e. The highest BCUT2D eigenvalue weighted by molar-refractivity contribution is 7.97. The summed E-state index contributed by atoms with van der Waals surface area (Å²) in [6, 6.07) is 12.9. The zero-order valence-electron chi connectivity index (χ0n) is 11.2. The molecule has 5 heteroatoms. The minimum atomic E-state index is -0.395. The summed E-state index contributed by atoms with van der Waals surface area (Å²) < 4.78 is 0. The van der Waals surface area contributed by atoms with Crippen molar-refractivity contribution in [3.8, 4) is 0 Å². The van der Waals surface area contributed by atoms with E-state index in [9.17, 15) is 10.1 Å². The van der Waals surface area contributed by atoms with E-state index in [1.807, 2.05) is 6.07 Å². The van der Waals surface area contributed by atoms with Gasteiger partial charge >= 0.3 is 0 Å². The number of hydrogen-bond acceptors (Lipinski definition) is 4. The lowest BCUT2D eigenvalue weighted by molar-refractivity contribution is -0.384. The fraction of sp³-hybridized carbons (Fsp3) is 0.200. The number of anilines is 1. The van der Waals surface area contributed by atoms with Gasteiger partial charge in [-0.15, -0.1) is 0 Å². The molecule has 20 heavy (non-hydrogen) atoms. The van der Waals surface area contributed by atoms with Crippen molar-refractivity contribution in [2.24, 2.45) is 0 Å². The van der Waals surface area contributed by atoms with Gasteiger partial charge in [0.25, 0.3) is 5.69 Å². The van der Waals surface area contributed by atoms with Crippen LogP contribution in [0.4, 0.5) is 11.4 Å². The molecule has 104 valence electrons. The predicted molar refractivity (Wildman–Crippen MR) is 83.7 cm³/mol. The average molecular weight is 288 g/mol. The Bertz CT molecular complexity index is 629. The summed E-state index contributed by atoms with van der Waals surface area (Å²) >= 11 is 1.70. The number of nitrogen functional groups attached to an aromatic ring is 1. The number of nitro benzene ring substituents is 1. The lowest BCUT2D eigenvalue weighted by atomic mass is 10.2. The first-order valence-corrected chi connectivity index (χ1v) is 7.38. The van der Waals surface area contributed by atoms with Gasteiger partial charge in [0.05, 0.1) is 4.92 Å². The highest BCUT2D eigenvalue weighted by Gasteiger charge is 2.09. The molecule has 2 rings (SSSR count). The van der Waals surface area contributed by atoms with E-state index >= 15 is 0 Å². The van der Waals surface area contributed by atoms with Gasteiger partial charge < -0.3 is 5.73 Å². The molecule has 0 aliphatic heterocycles. The maximum Gasteiger partial charge on any atom is 0.269 e. The van der Waals surface area contributed by atoms with Crippen LogP contribution in [0, 0.1) is 17.0 Å². The van der Waals surface area contributed by atoms with Crippen LogP contribution >= 0.6 is 11.8 Å². The number of rotatable bonds is 5. The molecule has 0 aromatic heterocycles. The Morgan fingerprint density at radius 2 is 2.00 bits per heavy atom. The molecule has 2 N–H and O–H groups in total. The largest absolute Gasteiger partial charge is 0.398 e. The van der Waals surface area contributed by atoms with E-state index in [0.717, 1.165) is 11.3 Å². The monoisotopic (exact) mass is 288 g/mol. The molecule has 2 aromatic carbocycles. The lowest BCUT2D eigenvalue weighted by Crippen LogP contribution is -1.96. The van der Waals surface area contributed by atoms with Crippen molar-refractivity contribution in [3.63, 3.8) is 0 Å². The second-order valence-electron chi connectivity index (χ2n) is 4.62. The highest BCUT2D eigenvalue weighted by atomic mass is 32.2. The second-order valence-corrected chi connectivity index (χ2v) is 5.61. The Balaban J connectivity index is 2.00. The summed E-state index contributed by atoms with van der Waals surface area (Å²) in [5, 5.41) is 10.8. The summed E-state index contributed by atoms with van der Waals surface area (Å²) in [4.78, 5) is 10.4. The Labute approximate surface area is 122 Å². The molecule has 0 aliphatic rings. The third-order valence-electron chi connectivity index (χ3n) is 2.95. The summed E-state index contributed by atoms with van der Waals surface area (Å²) in [5.41, 5.74) is 9.85. The van der Waals surface area contributed by atoms with E-state index < -0.39 is 4.92 Å². The Morgan fingerprint density at radius 3 is 2.70 bits per heavy atom. The summed E-state index contributed by atoms with van der Waals surface area (Å²) in [7, 11) is 0. The van der Waals surface area contributed by atoms with Gasteiger partial charge in [-0.1, -0.05) is 29.8 Å². The first kappa shape index (κ1) is 14.4. The molecule has 0 amide bonds. The molecule has 0 atom stereocenters. The number of thioether (sulfide) groups is 1. The van der Waals surface area contributed by atoms with Crippen LogP contribution < -0.4 is 5.73 Å². The van der Waals surface area contributed by atoms with E-state index in [1.54, 1.807) is 23.9 Å². The van der Waals surface area contributed by atoms with E-state index in [0.29, 0.717) is 11.4 Å². The van der Waals surface area contributed by atoms with Crippen LogP contribution in [0.3, 0.4) is 0 Å². The van der Waals surface area contributed by atoms with Crippen molar-refractivity contribution < 1.29 is 4.92 Å². The molecule has 0 radical (unpaired) electrons. The van der Waals surface area contributed by atoms with Crippen molar-refractivity contribution in [1.29, 1.82) is 0 Å². The SMILES string of the molecule is Cc1cccc(CSCc2cc([N+](=O)[O-])ccc2N)c1. The molecular formula is C15H16N2O2S. The Morgan fingerprint density at radius 1 is 1.20 bits per heavy atom. The summed E-state index contributed by atoms with van der Waals surface area (Å²) in [5.74, 6) is 1.53. The number of hydrogen-bond donors (Lipinski definition) is 1. The number of nitrogens with zero attached hydrogens (tertiary/aromatic N) is 1. The first-order chi connectivity index (χ1) is 9.56. The fourth-order valence-electron chi connectivity index (χ4n) is 1.91. The normalized spacial score (nSPS) is 10.4. The summed E-state index contributed by atoms with van der Waals surface area (Å²) in [6.07, 6.45) is 0. The molecule has 0 bridgehead atoms. The molecule has 0 saturated heterocycles. The molecule has 0 aliphatic carbocycles. The van der Waals surface area contributed by atoms with Gasteiger partial charge in [-0.05, 0) is 24.1 Å².